The van der Waals surface area contributed by atoms with Crippen LogP contribution in [0.25, 0.3) is 0 Å². The Kier molecular flexibility index (Phi) is 4.33. The van der Waals surface area contributed by atoms with E-state index >= 15 is 0 Å². The quantitative estimate of drug-likeness (QED) is 0.894. The summed E-state index contributed by atoms with van der Waals surface area (Å²) in [6, 6.07) is 2.05. The van der Waals surface area contributed by atoms with Crippen LogP contribution in [0.2, 0.25) is 0 Å². The van der Waals surface area contributed by atoms with Crippen LogP contribution < -0.4 is 11.1 Å². The van der Waals surface area contributed by atoms with Crippen LogP contribution in [0.5, 0.6) is 0 Å². The van der Waals surface area contributed by atoms with Crippen LogP contribution in [-0.4, -0.2) is 17.1 Å². The van der Waals surface area contributed by atoms with Gasteiger partial charge >= 0.3 is 0 Å². The molecule has 90 valence electrons. The number of anilines is 1. The molecule has 3 N–H and O–H groups in total. The molecule has 1 heterocycles. The van der Waals surface area contributed by atoms with E-state index in [1.807, 2.05) is 19.2 Å². The number of nitrogens with two attached hydrogens (primary N) is 1. The van der Waals surface area contributed by atoms with E-state index in [9.17, 15) is 0 Å². The third-order valence-electron chi connectivity index (χ3n) is 3.08. The molecule has 0 amide bonds. The lowest BCUT2D eigenvalue weighted by atomic mass is 9.88. The summed E-state index contributed by atoms with van der Waals surface area (Å²) in [7, 11) is 0. The molecule has 1 rings (SSSR count). The second-order valence-corrected chi connectivity index (χ2v) is 5.60. The Hall–Kier alpha value is -0.610. The second kappa shape index (κ2) is 5.15. The van der Waals surface area contributed by atoms with Gasteiger partial charge in [0.25, 0.3) is 0 Å². The van der Waals surface area contributed by atoms with Gasteiger partial charge in [0.15, 0.2) is 0 Å². The normalized spacial score (nSPS) is 14.9. The van der Waals surface area contributed by atoms with Crippen LogP contribution in [-0.2, 0) is 0 Å². The number of halogens is 1. The van der Waals surface area contributed by atoms with E-state index in [1.165, 1.54) is 0 Å². The van der Waals surface area contributed by atoms with E-state index in [2.05, 4.69) is 47.0 Å². The summed E-state index contributed by atoms with van der Waals surface area (Å²) in [6.45, 7) is 9.02. The molecule has 0 aliphatic rings. The molecule has 1 aromatic heterocycles. The molecule has 0 saturated heterocycles. The minimum Gasteiger partial charge on any atom is -0.362 e. The first-order valence-corrected chi connectivity index (χ1v) is 6.28. The monoisotopic (exact) mass is 285 g/mol. The molecule has 0 fully saturated rings. The van der Waals surface area contributed by atoms with Gasteiger partial charge in [-0.15, -0.1) is 0 Å². The van der Waals surface area contributed by atoms with Crippen molar-refractivity contribution in [1.29, 1.82) is 0 Å². The Morgan fingerprint density at radius 3 is 2.62 bits per heavy atom. The zero-order chi connectivity index (χ0) is 12.3. The van der Waals surface area contributed by atoms with Crippen LogP contribution >= 0.6 is 15.9 Å². The van der Waals surface area contributed by atoms with Crippen molar-refractivity contribution < 1.29 is 0 Å². The molecule has 0 aliphatic heterocycles. The van der Waals surface area contributed by atoms with Crippen molar-refractivity contribution in [2.24, 2.45) is 11.7 Å². The van der Waals surface area contributed by atoms with Gasteiger partial charge in [-0.2, -0.15) is 0 Å². The molecule has 0 bridgehead atoms. The number of nitrogens with one attached hydrogen (secondary N) is 1. The van der Waals surface area contributed by atoms with Gasteiger partial charge in [0.05, 0.1) is 10.0 Å². The van der Waals surface area contributed by atoms with Crippen LogP contribution in [0.3, 0.4) is 0 Å². The summed E-state index contributed by atoms with van der Waals surface area (Å²) in [5.41, 5.74) is 6.83. The molecule has 4 heteroatoms. The highest BCUT2D eigenvalue weighted by atomic mass is 79.9. The summed E-state index contributed by atoms with van der Waals surface area (Å²) in [5.74, 6) is 1.29. The SMILES string of the molecule is Cc1cnc(NC(C)(CN)C(C)C)c(Br)c1. The molecule has 1 aromatic rings. The summed E-state index contributed by atoms with van der Waals surface area (Å²) < 4.78 is 0.979. The summed E-state index contributed by atoms with van der Waals surface area (Å²) >= 11 is 3.51. The molecule has 1 unspecified atom stereocenters. The molecule has 0 radical (unpaired) electrons. The highest BCUT2D eigenvalue weighted by Crippen LogP contribution is 2.26. The van der Waals surface area contributed by atoms with Crippen molar-refractivity contribution in [3.8, 4) is 0 Å². The first-order valence-electron chi connectivity index (χ1n) is 5.49. The molecule has 16 heavy (non-hydrogen) atoms. The van der Waals surface area contributed by atoms with Crippen LogP contribution in [0.1, 0.15) is 26.3 Å². The highest BCUT2D eigenvalue weighted by Gasteiger charge is 2.27. The molecule has 0 aromatic carbocycles. The van der Waals surface area contributed by atoms with Gasteiger partial charge in [-0.1, -0.05) is 13.8 Å². The maximum atomic E-state index is 5.83. The smallest absolute Gasteiger partial charge is 0.140 e. The van der Waals surface area contributed by atoms with Gasteiger partial charge in [-0.3, -0.25) is 0 Å². The molecule has 0 spiro atoms. The Morgan fingerprint density at radius 1 is 1.56 bits per heavy atom. The average Bonchev–Trinajstić information content (AvgIpc) is 2.22. The third-order valence-corrected chi connectivity index (χ3v) is 3.68. The number of pyridine rings is 1. The van der Waals surface area contributed by atoms with E-state index in [0.29, 0.717) is 12.5 Å². The maximum absolute atomic E-state index is 5.83. The van der Waals surface area contributed by atoms with Crippen molar-refractivity contribution in [3.63, 3.8) is 0 Å². The fourth-order valence-electron chi connectivity index (χ4n) is 1.33. The van der Waals surface area contributed by atoms with E-state index in [4.69, 9.17) is 5.73 Å². The number of hydrogen-bond acceptors (Lipinski definition) is 3. The minimum absolute atomic E-state index is 0.134. The van der Waals surface area contributed by atoms with E-state index in [0.717, 1.165) is 15.9 Å². The van der Waals surface area contributed by atoms with Crippen LogP contribution in [0.15, 0.2) is 16.7 Å². The van der Waals surface area contributed by atoms with Crippen molar-refractivity contribution in [1.82, 2.24) is 4.98 Å². The Labute approximate surface area is 106 Å². The summed E-state index contributed by atoms with van der Waals surface area (Å²) in [6.07, 6.45) is 1.85. The third kappa shape index (κ3) is 2.95. The molecular weight excluding hydrogens is 266 g/mol. The van der Waals surface area contributed by atoms with E-state index in [1.54, 1.807) is 0 Å². The lowest BCUT2D eigenvalue weighted by Gasteiger charge is -2.34. The fourth-order valence-corrected chi connectivity index (χ4v) is 1.89. The first kappa shape index (κ1) is 13.5. The number of nitrogens with zero attached hydrogens (tertiary/aromatic N) is 1. The number of aromatic nitrogens is 1. The Morgan fingerprint density at radius 2 is 2.19 bits per heavy atom. The molecular formula is C12H20BrN3. The molecule has 0 aliphatic carbocycles. The van der Waals surface area contributed by atoms with E-state index < -0.39 is 0 Å². The first-order chi connectivity index (χ1) is 7.39. The average molecular weight is 286 g/mol. The maximum Gasteiger partial charge on any atom is 0.140 e. The Bertz CT molecular complexity index is 365. The topological polar surface area (TPSA) is 50.9 Å². The van der Waals surface area contributed by atoms with Crippen molar-refractivity contribution in [2.75, 3.05) is 11.9 Å². The van der Waals surface area contributed by atoms with Crippen LogP contribution in [0.4, 0.5) is 5.82 Å². The van der Waals surface area contributed by atoms with Crippen molar-refractivity contribution >= 4 is 21.7 Å². The zero-order valence-electron chi connectivity index (χ0n) is 10.3. The van der Waals surface area contributed by atoms with Gasteiger partial charge in [-0.05, 0) is 47.3 Å². The van der Waals surface area contributed by atoms with Crippen molar-refractivity contribution in [3.05, 3.63) is 22.3 Å². The molecule has 1 atom stereocenters. The summed E-state index contributed by atoms with van der Waals surface area (Å²) in [5, 5.41) is 3.42. The summed E-state index contributed by atoms with van der Waals surface area (Å²) in [4.78, 5) is 4.38. The van der Waals surface area contributed by atoms with Gasteiger partial charge in [0, 0.05) is 12.7 Å². The van der Waals surface area contributed by atoms with E-state index in [-0.39, 0.29) is 5.54 Å². The van der Waals surface area contributed by atoms with Crippen molar-refractivity contribution in [2.45, 2.75) is 33.2 Å². The minimum atomic E-state index is -0.134. The largest absolute Gasteiger partial charge is 0.362 e. The van der Waals surface area contributed by atoms with Crippen LogP contribution in [0, 0.1) is 12.8 Å². The van der Waals surface area contributed by atoms with Gasteiger partial charge in [-0.25, -0.2) is 4.98 Å². The Balaban J connectivity index is 2.95. The number of rotatable bonds is 4. The second-order valence-electron chi connectivity index (χ2n) is 4.74. The number of aryl methyl sites for hydroxylation is 1. The lowest BCUT2D eigenvalue weighted by Crippen LogP contribution is -2.47. The highest BCUT2D eigenvalue weighted by molar-refractivity contribution is 9.10. The lowest BCUT2D eigenvalue weighted by molar-refractivity contribution is 0.381. The predicted octanol–water partition coefficient (Wildman–Crippen LogP) is 2.94. The molecule has 0 saturated carbocycles. The van der Waals surface area contributed by atoms with Gasteiger partial charge in [0.2, 0.25) is 0 Å². The number of hydrogen-bond donors (Lipinski definition) is 2. The zero-order valence-corrected chi connectivity index (χ0v) is 11.9. The fraction of sp³-hybridized carbons (Fsp3) is 0.583. The predicted molar refractivity (Wildman–Crippen MR) is 72.6 cm³/mol. The molecule has 3 nitrogen and oxygen atoms in total. The van der Waals surface area contributed by atoms with Gasteiger partial charge in [0.1, 0.15) is 5.82 Å². The van der Waals surface area contributed by atoms with Gasteiger partial charge < -0.3 is 11.1 Å². The standard InChI is InChI=1S/C12H20BrN3/c1-8(2)12(4,7-14)16-11-10(13)5-9(3)6-15-11/h5-6,8H,7,14H2,1-4H3,(H,15,16).